The molecule has 1 heterocycles. The quantitative estimate of drug-likeness (QED) is 0.390. The first kappa shape index (κ1) is 19.4. The molecule has 4 rings (SSSR count). The minimum Gasteiger partial charge on any atom is -0.478 e. The number of para-hydroxylation sites is 2. The van der Waals surface area contributed by atoms with E-state index in [4.69, 9.17) is 4.74 Å². The Kier molecular flexibility index (Phi) is 4.83. The molecule has 0 amide bonds. The highest BCUT2D eigenvalue weighted by molar-refractivity contribution is 6.02. The molecule has 0 spiro atoms. The zero-order valence-corrected chi connectivity index (χ0v) is 15.6. The van der Waals surface area contributed by atoms with Crippen LogP contribution < -0.4 is 0 Å². The van der Waals surface area contributed by atoms with Crippen LogP contribution in [0.4, 0.5) is 8.78 Å². The van der Waals surface area contributed by atoms with Crippen LogP contribution in [0.1, 0.15) is 39.3 Å². The van der Waals surface area contributed by atoms with E-state index in [1.807, 2.05) is 0 Å². The number of hydrogen-bond donors (Lipinski definition) is 1. The third kappa shape index (κ3) is 3.32. The molecule has 3 aromatic carbocycles. The van der Waals surface area contributed by atoms with Gasteiger partial charge in [0.2, 0.25) is 0 Å². The molecule has 4 aromatic rings. The molecule has 0 fully saturated rings. The van der Waals surface area contributed by atoms with Crippen molar-refractivity contribution in [1.82, 2.24) is 9.97 Å². The maximum absolute atomic E-state index is 13.9. The topological polar surface area (TPSA) is 89.4 Å². The molecule has 0 aliphatic rings. The molecule has 30 heavy (non-hydrogen) atoms. The van der Waals surface area contributed by atoms with Crippen molar-refractivity contribution in [3.63, 3.8) is 0 Å². The fourth-order valence-corrected chi connectivity index (χ4v) is 3.22. The van der Waals surface area contributed by atoms with Crippen LogP contribution in [0.2, 0.25) is 0 Å². The number of esters is 1. The largest absolute Gasteiger partial charge is 0.478 e. The summed E-state index contributed by atoms with van der Waals surface area (Å²) in [6, 6.07) is 12.7. The van der Waals surface area contributed by atoms with Gasteiger partial charge in [0.15, 0.2) is 0 Å². The summed E-state index contributed by atoms with van der Waals surface area (Å²) in [4.78, 5) is 32.7. The smallest absolute Gasteiger partial charge is 0.344 e. The molecule has 0 aliphatic carbocycles. The van der Waals surface area contributed by atoms with Gasteiger partial charge in [-0.25, -0.2) is 28.3 Å². The van der Waals surface area contributed by atoms with Crippen LogP contribution in [0.25, 0.3) is 22.1 Å². The van der Waals surface area contributed by atoms with Gasteiger partial charge in [-0.1, -0.05) is 24.3 Å². The van der Waals surface area contributed by atoms with Gasteiger partial charge in [0.1, 0.15) is 28.8 Å². The molecule has 0 radical (unpaired) electrons. The van der Waals surface area contributed by atoms with Gasteiger partial charge in [-0.2, -0.15) is 0 Å². The number of rotatable bonds is 4. The van der Waals surface area contributed by atoms with Gasteiger partial charge in [-0.15, -0.1) is 0 Å². The van der Waals surface area contributed by atoms with Crippen LogP contribution in [-0.2, 0) is 4.74 Å². The number of carbonyl (C=O) groups is 2. The van der Waals surface area contributed by atoms with Crippen LogP contribution in [0.5, 0.6) is 0 Å². The first-order valence-corrected chi connectivity index (χ1v) is 8.94. The molecule has 0 saturated carbocycles. The lowest BCUT2D eigenvalue weighted by Crippen LogP contribution is -2.13. The summed E-state index contributed by atoms with van der Waals surface area (Å²) in [5, 5.41) is 9.36. The highest BCUT2D eigenvalue weighted by Gasteiger charge is 2.23. The van der Waals surface area contributed by atoms with E-state index < -0.39 is 35.2 Å². The molecule has 6 nitrogen and oxygen atoms in total. The highest BCUT2D eigenvalue weighted by atomic mass is 19.1. The number of carboxylic acids is 1. The van der Waals surface area contributed by atoms with E-state index in [0.29, 0.717) is 22.1 Å². The molecule has 1 unspecified atom stereocenters. The van der Waals surface area contributed by atoms with Crippen molar-refractivity contribution in [3.05, 3.63) is 82.9 Å². The molecule has 8 heteroatoms. The Labute approximate surface area is 168 Å². The monoisotopic (exact) mass is 408 g/mol. The minimum absolute atomic E-state index is 0.0156. The van der Waals surface area contributed by atoms with Gasteiger partial charge in [0, 0.05) is 5.56 Å². The summed E-state index contributed by atoms with van der Waals surface area (Å²) in [6.45, 7) is 1.55. The Hall–Kier alpha value is -3.94. The van der Waals surface area contributed by atoms with Gasteiger partial charge >= 0.3 is 11.9 Å². The standard InChI is InChI=1S/C22H14F2N2O4/c1-11(30-22(29)18-14(23)7-4-8-15(18)24)12-5-2-9-16-19(12)25-17-10-3-6-13(21(27)28)20(17)26-16/h2-11H,1H3,(H,27,28). The Morgan fingerprint density at radius 2 is 1.47 bits per heavy atom. The Morgan fingerprint density at radius 3 is 2.13 bits per heavy atom. The van der Waals surface area contributed by atoms with E-state index >= 15 is 0 Å². The molecular formula is C22H14F2N2O4. The molecule has 0 saturated heterocycles. The summed E-state index contributed by atoms with van der Waals surface area (Å²) < 4.78 is 33.0. The van der Waals surface area contributed by atoms with Crippen LogP contribution in [0.3, 0.4) is 0 Å². The first-order chi connectivity index (χ1) is 14.4. The van der Waals surface area contributed by atoms with E-state index in [1.165, 1.54) is 6.07 Å². The Balaban J connectivity index is 1.77. The molecule has 1 atom stereocenters. The number of carbonyl (C=O) groups excluding carboxylic acids is 1. The number of aromatic carboxylic acids is 1. The minimum atomic E-state index is -1.14. The fourth-order valence-electron chi connectivity index (χ4n) is 3.22. The van der Waals surface area contributed by atoms with Gasteiger partial charge in [-0.3, -0.25) is 0 Å². The Morgan fingerprint density at radius 1 is 0.900 bits per heavy atom. The second-order valence-corrected chi connectivity index (χ2v) is 6.56. The van der Waals surface area contributed by atoms with Crippen LogP contribution in [-0.4, -0.2) is 27.0 Å². The highest BCUT2D eigenvalue weighted by Crippen LogP contribution is 2.28. The average Bonchev–Trinajstić information content (AvgIpc) is 2.71. The number of aromatic nitrogens is 2. The maximum Gasteiger partial charge on any atom is 0.344 e. The van der Waals surface area contributed by atoms with Crippen molar-refractivity contribution < 1.29 is 28.2 Å². The summed E-state index contributed by atoms with van der Waals surface area (Å²) in [5.41, 5.74) is 1.08. The van der Waals surface area contributed by atoms with Gasteiger partial charge < -0.3 is 9.84 Å². The van der Waals surface area contributed by atoms with Gasteiger partial charge in [0.25, 0.3) is 0 Å². The van der Waals surface area contributed by atoms with E-state index in [0.717, 1.165) is 18.2 Å². The van der Waals surface area contributed by atoms with Gasteiger partial charge in [0.05, 0.1) is 22.1 Å². The maximum atomic E-state index is 13.9. The number of halogens is 2. The molecule has 150 valence electrons. The van der Waals surface area contributed by atoms with Crippen molar-refractivity contribution >= 4 is 34.0 Å². The van der Waals surface area contributed by atoms with Crippen LogP contribution >= 0.6 is 0 Å². The number of fused-ring (bicyclic) bond motifs is 2. The Bertz CT molecular complexity index is 1300. The number of ether oxygens (including phenoxy) is 1. The second-order valence-electron chi connectivity index (χ2n) is 6.56. The number of carboxylic acid groups (broad SMARTS) is 1. The number of nitrogens with zero attached hydrogens (tertiary/aromatic N) is 2. The average molecular weight is 408 g/mol. The third-order valence-electron chi connectivity index (χ3n) is 4.64. The third-order valence-corrected chi connectivity index (χ3v) is 4.64. The predicted molar refractivity (Wildman–Crippen MR) is 104 cm³/mol. The van der Waals surface area contributed by atoms with Crippen molar-refractivity contribution in [2.45, 2.75) is 13.0 Å². The second kappa shape index (κ2) is 7.47. The summed E-state index contributed by atoms with van der Waals surface area (Å²) in [7, 11) is 0. The summed E-state index contributed by atoms with van der Waals surface area (Å²) in [5.74, 6) is -4.30. The van der Waals surface area contributed by atoms with Crippen molar-refractivity contribution in [2.24, 2.45) is 0 Å². The van der Waals surface area contributed by atoms with E-state index in [1.54, 1.807) is 37.3 Å². The van der Waals surface area contributed by atoms with Crippen molar-refractivity contribution in [1.29, 1.82) is 0 Å². The van der Waals surface area contributed by atoms with E-state index in [9.17, 15) is 23.5 Å². The number of hydrogen-bond acceptors (Lipinski definition) is 5. The molecule has 1 N–H and O–H groups in total. The molecule has 1 aromatic heterocycles. The lowest BCUT2D eigenvalue weighted by atomic mass is 10.1. The number of benzene rings is 3. The predicted octanol–water partition coefficient (Wildman–Crippen LogP) is 4.68. The molecule has 0 aliphatic heterocycles. The normalized spacial score (nSPS) is 12.1. The van der Waals surface area contributed by atoms with Crippen LogP contribution in [0, 0.1) is 11.6 Å². The zero-order valence-electron chi connectivity index (χ0n) is 15.6. The molecule has 0 bridgehead atoms. The van der Waals surface area contributed by atoms with Crippen molar-refractivity contribution in [3.8, 4) is 0 Å². The van der Waals surface area contributed by atoms with E-state index in [-0.39, 0.29) is 11.1 Å². The van der Waals surface area contributed by atoms with Crippen LogP contribution in [0.15, 0.2) is 54.6 Å². The lowest BCUT2D eigenvalue weighted by molar-refractivity contribution is 0.0329. The summed E-state index contributed by atoms with van der Waals surface area (Å²) >= 11 is 0. The fraction of sp³-hybridized carbons (Fsp3) is 0.0909. The zero-order chi connectivity index (χ0) is 21.4. The van der Waals surface area contributed by atoms with Gasteiger partial charge in [-0.05, 0) is 37.3 Å². The first-order valence-electron chi connectivity index (χ1n) is 8.94. The lowest BCUT2D eigenvalue weighted by Gasteiger charge is -2.16. The van der Waals surface area contributed by atoms with Crippen molar-refractivity contribution in [2.75, 3.05) is 0 Å². The van der Waals surface area contributed by atoms with E-state index in [2.05, 4.69) is 9.97 Å². The summed E-state index contributed by atoms with van der Waals surface area (Å²) in [6.07, 6.45) is -0.894. The SMILES string of the molecule is CC(OC(=O)c1c(F)cccc1F)c1cccc2nc3c(C(=O)O)cccc3nc12. The molecular weight excluding hydrogens is 394 g/mol.